The fourth-order valence-corrected chi connectivity index (χ4v) is 2.34. The first kappa shape index (κ1) is 10.5. The second-order valence-corrected chi connectivity index (χ2v) is 5.00. The van der Waals surface area contributed by atoms with Crippen molar-refractivity contribution < 1.29 is 0 Å². The van der Waals surface area contributed by atoms with Crippen LogP contribution < -0.4 is 5.32 Å². The molecule has 0 radical (unpaired) electrons. The minimum Gasteiger partial charge on any atom is -0.306 e. The number of nitrogens with one attached hydrogen (secondary N) is 2. The van der Waals surface area contributed by atoms with E-state index in [9.17, 15) is 0 Å². The smallest absolute Gasteiger partial charge is 0.188 e. The maximum Gasteiger partial charge on any atom is 0.188 e. The van der Waals surface area contributed by atoms with Gasteiger partial charge in [-0.25, -0.2) is 0 Å². The molecular formula is C10H19N5. The van der Waals surface area contributed by atoms with Crippen molar-refractivity contribution in [2.75, 3.05) is 0 Å². The van der Waals surface area contributed by atoms with Crippen LogP contribution in [-0.4, -0.2) is 26.7 Å². The van der Waals surface area contributed by atoms with E-state index >= 15 is 0 Å². The highest BCUT2D eigenvalue weighted by Gasteiger charge is 2.31. The number of aromatic nitrogens is 4. The zero-order valence-electron chi connectivity index (χ0n) is 9.45. The van der Waals surface area contributed by atoms with E-state index in [4.69, 9.17) is 0 Å². The summed E-state index contributed by atoms with van der Waals surface area (Å²) in [5, 5.41) is 17.4. The van der Waals surface area contributed by atoms with Crippen LogP contribution in [-0.2, 0) is 6.54 Å². The Morgan fingerprint density at radius 2 is 2.33 bits per heavy atom. The zero-order valence-corrected chi connectivity index (χ0v) is 9.45. The van der Waals surface area contributed by atoms with E-state index in [0.29, 0.717) is 18.0 Å². The van der Waals surface area contributed by atoms with E-state index in [-0.39, 0.29) is 0 Å². The van der Waals surface area contributed by atoms with Gasteiger partial charge in [0.2, 0.25) is 0 Å². The molecular weight excluding hydrogens is 190 g/mol. The average Bonchev–Trinajstić information content (AvgIpc) is 2.68. The van der Waals surface area contributed by atoms with Crippen molar-refractivity contribution >= 4 is 0 Å². The summed E-state index contributed by atoms with van der Waals surface area (Å²) in [6.07, 6.45) is 5.24. The Kier molecular flexibility index (Phi) is 3.00. The number of tetrazole rings is 1. The quantitative estimate of drug-likeness (QED) is 0.786. The molecule has 1 atom stereocenters. The molecule has 1 aromatic rings. The number of hydrogen-bond acceptors (Lipinski definition) is 4. The molecule has 0 bridgehead atoms. The van der Waals surface area contributed by atoms with Gasteiger partial charge >= 0.3 is 0 Å². The SMILES string of the molecule is CC1(C)CCCCC1NCc1nn[nH]n1. The molecule has 0 amide bonds. The summed E-state index contributed by atoms with van der Waals surface area (Å²) < 4.78 is 0. The molecule has 1 aliphatic carbocycles. The maximum atomic E-state index is 3.94. The number of aromatic amines is 1. The van der Waals surface area contributed by atoms with Crippen LogP contribution in [0.25, 0.3) is 0 Å². The molecule has 1 heterocycles. The van der Waals surface area contributed by atoms with Crippen LogP contribution >= 0.6 is 0 Å². The van der Waals surface area contributed by atoms with Gasteiger partial charge in [0, 0.05) is 6.04 Å². The van der Waals surface area contributed by atoms with Gasteiger partial charge in [0.15, 0.2) is 5.82 Å². The Morgan fingerprint density at radius 1 is 1.47 bits per heavy atom. The Morgan fingerprint density at radius 3 is 3.00 bits per heavy atom. The van der Waals surface area contributed by atoms with E-state index in [1.54, 1.807) is 0 Å². The number of rotatable bonds is 3. The van der Waals surface area contributed by atoms with Crippen LogP contribution in [0.5, 0.6) is 0 Å². The normalized spacial score (nSPS) is 25.3. The van der Waals surface area contributed by atoms with Crippen molar-refractivity contribution in [3.8, 4) is 0 Å². The zero-order chi connectivity index (χ0) is 10.7. The first-order chi connectivity index (χ1) is 7.18. The Hall–Kier alpha value is -0.970. The van der Waals surface area contributed by atoms with Crippen LogP contribution in [0, 0.1) is 5.41 Å². The summed E-state index contributed by atoms with van der Waals surface area (Å²) in [5.74, 6) is 0.747. The summed E-state index contributed by atoms with van der Waals surface area (Å²) in [4.78, 5) is 0. The lowest BCUT2D eigenvalue weighted by atomic mass is 9.73. The lowest BCUT2D eigenvalue weighted by Crippen LogP contribution is -2.43. The average molecular weight is 209 g/mol. The number of hydrogen-bond donors (Lipinski definition) is 2. The van der Waals surface area contributed by atoms with E-state index in [2.05, 4.69) is 39.8 Å². The lowest BCUT2D eigenvalue weighted by molar-refractivity contribution is 0.166. The minimum absolute atomic E-state index is 0.391. The molecule has 0 aliphatic heterocycles. The molecule has 1 aliphatic rings. The van der Waals surface area contributed by atoms with Crippen molar-refractivity contribution in [3.05, 3.63) is 5.82 Å². The molecule has 84 valence electrons. The third-order valence-electron chi connectivity index (χ3n) is 3.40. The van der Waals surface area contributed by atoms with Crippen molar-refractivity contribution in [3.63, 3.8) is 0 Å². The third-order valence-corrected chi connectivity index (χ3v) is 3.40. The second-order valence-electron chi connectivity index (χ2n) is 5.00. The summed E-state index contributed by atoms with van der Waals surface area (Å²) in [6.45, 7) is 5.38. The lowest BCUT2D eigenvalue weighted by Gasteiger charge is -2.39. The van der Waals surface area contributed by atoms with Gasteiger partial charge in [0.25, 0.3) is 0 Å². The number of H-pyrrole nitrogens is 1. The first-order valence-electron chi connectivity index (χ1n) is 5.64. The highest BCUT2D eigenvalue weighted by atomic mass is 15.5. The highest BCUT2D eigenvalue weighted by molar-refractivity contribution is 4.89. The van der Waals surface area contributed by atoms with E-state index < -0.39 is 0 Å². The highest BCUT2D eigenvalue weighted by Crippen LogP contribution is 2.35. The van der Waals surface area contributed by atoms with Gasteiger partial charge in [0.05, 0.1) is 6.54 Å². The number of nitrogens with zero attached hydrogens (tertiary/aromatic N) is 3. The van der Waals surface area contributed by atoms with E-state index in [1.165, 1.54) is 25.7 Å². The molecule has 1 aromatic heterocycles. The van der Waals surface area contributed by atoms with Gasteiger partial charge in [-0.1, -0.05) is 31.9 Å². The minimum atomic E-state index is 0.391. The molecule has 1 unspecified atom stereocenters. The van der Waals surface area contributed by atoms with Crippen molar-refractivity contribution in [1.82, 2.24) is 25.9 Å². The molecule has 2 rings (SSSR count). The molecule has 1 fully saturated rings. The molecule has 0 spiro atoms. The van der Waals surface area contributed by atoms with Gasteiger partial charge in [0.1, 0.15) is 0 Å². The Balaban J connectivity index is 1.88. The predicted octanol–water partition coefficient (Wildman–Crippen LogP) is 1.26. The van der Waals surface area contributed by atoms with Gasteiger partial charge in [-0.15, -0.1) is 10.2 Å². The monoisotopic (exact) mass is 209 g/mol. The summed E-state index contributed by atoms with van der Waals surface area (Å²) in [6, 6.07) is 0.574. The first-order valence-corrected chi connectivity index (χ1v) is 5.64. The fourth-order valence-electron chi connectivity index (χ4n) is 2.34. The molecule has 5 heteroatoms. The van der Waals surface area contributed by atoms with E-state index in [0.717, 1.165) is 5.82 Å². The van der Waals surface area contributed by atoms with Gasteiger partial charge in [-0.05, 0) is 18.3 Å². The standard InChI is InChI=1S/C10H19N5/c1-10(2)6-4-3-5-8(10)11-7-9-12-14-15-13-9/h8,11H,3-7H2,1-2H3,(H,12,13,14,15). The third kappa shape index (κ3) is 2.53. The van der Waals surface area contributed by atoms with Gasteiger partial charge < -0.3 is 5.32 Å². The summed E-state index contributed by atoms with van der Waals surface area (Å²) in [7, 11) is 0. The second kappa shape index (κ2) is 4.26. The van der Waals surface area contributed by atoms with Gasteiger partial charge in [-0.2, -0.15) is 5.21 Å². The molecule has 15 heavy (non-hydrogen) atoms. The fraction of sp³-hybridized carbons (Fsp3) is 0.900. The molecule has 0 aromatic carbocycles. The van der Waals surface area contributed by atoms with E-state index in [1.807, 2.05) is 0 Å². The molecule has 2 N–H and O–H groups in total. The predicted molar refractivity (Wildman–Crippen MR) is 57.1 cm³/mol. The van der Waals surface area contributed by atoms with Crippen molar-refractivity contribution in [2.45, 2.75) is 52.1 Å². The molecule has 5 nitrogen and oxygen atoms in total. The van der Waals surface area contributed by atoms with Crippen LogP contribution in [0.2, 0.25) is 0 Å². The Labute approximate surface area is 90.0 Å². The van der Waals surface area contributed by atoms with Crippen LogP contribution in [0.3, 0.4) is 0 Å². The summed E-state index contributed by atoms with van der Waals surface area (Å²) >= 11 is 0. The molecule has 1 saturated carbocycles. The maximum absolute atomic E-state index is 3.94. The summed E-state index contributed by atoms with van der Waals surface area (Å²) in [5.41, 5.74) is 0.391. The molecule has 0 saturated heterocycles. The van der Waals surface area contributed by atoms with Crippen LogP contribution in [0.15, 0.2) is 0 Å². The largest absolute Gasteiger partial charge is 0.306 e. The van der Waals surface area contributed by atoms with Crippen molar-refractivity contribution in [1.29, 1.82) is 0 Å². The topological polar surface area (TPSA) is 66.5 Å². The van der Waals surface area contributed by atoms with Crippen molar-refractivity contribution in [2.24, 2.45) is 5.41 Å². The Bertz CT molecular complexity index is 293. The van der Waals surface area contributed by atoms with Crippen LogP contribution in [0.1, 0.15) is 45.4 Å². The van der Waals surface area contributed by atoms with Gasteiger partial charge in [-0.3, -0.25) is 0 Å². The van der Waals surface area contributed by atoms with Crippen LogP contribution in [0.4, 0.5) is 0 Å².